The molecule has 4 atom stereocenters. The monoisotopic (exact) mass is 329 g/mol. The number of hydrogen-bond donors (Lipinski definition) is 1. The number of nitrogens with one attached hydrogen (secondary N) is 1. The Morgan fingerprint density at radius 3 is 2.95 bits per heavy atom. The van der Waals surface area contributed by atoms with E-state index in [9.17, 15) is 0 Å². The van der Waals surface area contributed by atoms with E-state index in [0.717, 1.165) is 23.8 Å². The smallest absolute Gasteiger partial charge is 0.0783 e. The number of hydrogen-bond acceptors (Lipinski definition) is 4. The van der Waals surface area contributed by atoms with Crippen molar-refractivity contribution in [3.8, 4) is 0 Å². The molecule has 1 spiro atoms. The van der Waals surface area contributed by atoms with Crippen LogP contribution in [0.1, 0.15) is 51.9 Å². The molecule has 3 fully saturated rings. The van der Waals surface area contributed by atoms with Crippen LogP contribution in [0.25, 0.3) is 0 Å². The van der Waals surface area contributed by atoms with E-state index in [1.165, 1.54) is 68.7 Å². The number of rotatable bonds is 5. The summed E-state index contributed by atoms with van der Waals surface area (Å²) in [5, 5.41) is 4.78. The van der Waals surface area contributed by atoms with Crippen molar-refractivity contribution in [1.29, 1.82) is 0 Å². The lowest BCUT2D eigenvalue weighted by molar-refractivity contribution is -0.0852. The summed E-state index contributed by atoms with van der Waals surface area (Å²) < 4.78 is 6.24. The van der Waals surface area contributed by atoms with E-state index in [2.05, 4.69) is 35.8 Å². The second-order valence-corrected chi connectivity index (χ2v) is 9.42. The molecule has 0 bridgehead atoms. The Hall–Kier alpha value is 0.620. The molecule has 0 aliphatic carbocycles. The highest BCUT2D eigenvalue weighted by Crippen LogP contribution is 2.43. The van der Waals surface area contributed by atoms with Gasteiger partial charge in [0.15, 0.2) is 0 Å². The lowest BCUT2D eigenvalue weighted by Gasteiger charge is -2.44. The van der Waals surface area contributed by atoms with Crippen LogP contribution in [0.4, 0.5) is 0 Å². The molecule has 3 rings (SSSR count). The number of thioether (sulfide) groups is 2. The van der Waals surface area contributed by atoms with Gasteiger partial charge in [0, 0.05) is 23.7 Å². The fraction of sp³-hybridized carbons (Fsp3) is 1.00. The third-order valence-corrected chi connectivity index (χ3v) is 8.06. The van der Waals surface area contributed by atoms with Gasteiger partial charge >= 0.3 is 0 Å². The first-order valence-electron chi connectivity index (χ1n) is 8.90. The van der Waals surface area contributed by atoms with Gasteiger partial charge in [0.1, 0.15) is 0 Å². The van der Waals surface area contributed by atoms with Crippen molar-refractivity contribution in [2.24, 2.45) is 5.92 Å². The molecule has 21 heavy (non-hydrogen) atoms. The minimum atomic E-state index is 0.235. The Labute approximate surface area is 138 Å². The first-order chi connectivity index (χ1) is 10.3. The molecular weight excluding hydrogens is 298 g/mol. The molecule has 1 N–H and O–H groups in total. The average Bonchev–Trinajstić information content (AvgIpc) is 2.97. The van der Waals surface area contributed by atoms with Crippen LogP contribution in [0.2, 0.25) is 0 Å². The zero-order chi connectivity index (χ0) is 14.5. The topological polar surface area (TPSA) is 21.3 Å². The zero-order valence-electron chi connectivity index (χ0n) is 13.4. The molecule has 0 amide bonds. The third-order valence-electron chi connectivity index (χ3n) is 5.35. The van der Waals surface area contributed by atoms with Gasteiger partial charge in [-0.2, -0.15) is 23.5 Å². The summed E-state index contributed by atoms with van der Waals surface area (Å²) >= 11 is 4.33. The van der Waals surface area contributed by atoms with Crippen LogP contribution in [0, 0.1) is 5.92 Å². The summed E-state index contributed by atoms with van der Waals surface area (Å²) in [7, 11) is 0. The third kappa shape index (κ3) is 4.13. The highest BCUT2D eigenvalue weighted by Gasteiger charge is 2.43. The normalized spacial score (nSPS) is 38.7. The van der Waals surface area contributed by atoms with Crippen LogP contribution in [0.3, 0.4) is 0 Å². The lowest BCUT2D eigenvalue weighted by Crippen LogP contribution is -2.51. The fourth-order valence-corrected chi connectivity index (χ4v) is 7.11. The fourth-order valence-electron chi connectivity index (χ4n) is 4.20. The molecule has 0 saturated carbocycles. The highest BCUT2D eigenvalue weighted by molar-refractivity contribution is 8.00. The maximum Gasteiger partial charge on any atom is 0.0783 e. The van der Waals surface area contributed by atoms with Crippen LogP contribution in [0.15, 0.2) is 0 Å². The maximum absolute atomic E-state index is 6.24. The van der Waals surface area contributed by atoms with Gasteiger partial charge in [-0.1, -0.05) is 13.3 Å². The Morgan fingerprint density at radius 2 is 2.24 bits per heavy atom. The predicted molar refractivity (Wildman–Crippen MR) is 95.5 cm³/mol. The van der Waals surface area contributed by atoms with Crippen LogP contribution in [-0.4, -0.2) is 47.3 Å². The molecular formula is C17H31NOS2. The van der Waals surface area contributed by atoms with E-state index in [1.54, 1.807) is 0 Å². The summed E-state index contributed by atoms with van der Waals surface area (Å²) in [4.78, 5) is 0. The van der Waals surface area contributed by atoms with Gasteiger partial charge in [-0.25, -0.2) is 0 Å². The van der Waals surface area contributed by atoms with Gasteiger partial charge in [0.2, 0.25) is 0 Å². The molecule has 0 aromatic carbocycles. The first kappa shape index (κ1) is 16.5. The second kappa shape index (κ2) is 7.94. The zero-order valence-corrected chi connectivity index (χ0v) is 15.1. The summed E-state index contributed by atoms with van der Waals surface area (Å²) in [6, 6.07) is 0.724. The Bertz CT molecular complexity index is 314. The average molecular weight is 330 g/mol. The summed E-state index contributed by atoms with van der Waals surface area (Å²) in [6.07, 6.45) is 9.39. The molecule has 4 unspecified atom stereocenters. The largest absolute Gasteiger partial charge is 0.374 e. The van der Waals surface area contributed by atoms with Gasteiger partial charge in [-0.15, -0.1) is 0 Å². The molecule has 3 aliphatic rings. The van der Waals surface area contributed by atoms with Crippen molar-refractivity contribution in [3.63, 3.8) is 0 Å². The molecule has 3 heterocycles. The van der Waals surface area contributed by atoms with E-state index < -0.39 is 0 Å². The minimum Gasteiger partial charge on any atom is -0.374 e. The van der Waals surface area contributed by atoms with Crippen LogP contribution in [0.5, 0.6) is 0 Å². The van der Waals surface area contributed by atoms with Crippen LogP contribution < -0.4 is 5.32 Å². The van der Waals surface area contributed by atoms with E-state index in [4.69, 9.17) is 4.74 Å². The quantitative estimate of drug-likeness (QED) is 0.824. The minimum absolute atomic E-state index is 0.235. The molecule has 0 radical (unpaired) electrons. The number of ether oxygens (including phenoxy) is 1. The standard InChI is InChI=1S/C17H31NOS2/c1-2-8-18-16(15-5-3-4-10-21-15)14-6-9-19-17(12-14)7-11-20-13-17/h14-16,18H,2-13H2,1H3. The first-order valence-corrected chi connectivity index (χ1v) is 11.1. The van der Waals surface area contributed by atoms with Crippen molar-refractivity contribution in [2.75, 3.05) is 30.4 Å². The van der Waals surface area contributed by atoms with Gasteiger partial charge in [0.05, 0.1) is 5.60 Å². The molecule has 3 aliphatic heterocycles. The Balaban J connectivity index is 1.65. The van der Waals surface area contributed by atoms with Gasteiger partial charge < -0.3 is 10.1 Å². The summed E-state index contributed by atoms with van der Waals surface area (Å²) in [6.45, 7) is 4.46. The van der Waals surface area contributed by atoms with Crippen molar-refractivity contribution < 1.29 is 4.74 Å². The Kier molecular flexibility index (Phi) is 6.23. The predicted octanol–water partition coefficient (Wildman–Crippen LogP) is 3.94. The van der Waals surface area contributed by atoms with Crippen molar-refractivity contribution in [3.05, 3.63) is 0 Å². The van der Waals surface area contributed by atoms with E-state index >= 15 is 0 Å². The van der Waals surface area contributed by atoms with E-state index in [-0.39, 0.29) is 5.60 Å². The van der Waals surface area contributed by atoms with Crippen molar-refractivity contribution in [2.45, 2.75) is 68.8 Å². The van der Waals surface area contributed by atoms with Crippen LogP contribution in [-0.2, 0) is 4.74 Å². The molecule has 0 aromatic rings. The van der Waals surface area contributed by atoms with Crippen molar-refractivity contribution >= 4 is 23.5 Å². The molecule has 3 saturated heterocycles. The lowest BCUT2D eigenvalue weighted by atomic mass is 9.79. The molecule has 122 valence electrons. The molecule has 0 aromatic heterocycles. The summed E-state index contributed by atoms with van der Waals surface area (Å²) in [5.41, 5.74) is 0.235. The summed E-state index contributed by atoms with van der Waals surface area (Å²) in [5.74, 6) is 4.75. The van der Waals surface area contributed by atoms with Crippen LogP contribution >= 0.6 is 23.5 Å². The van der Waals surface area contributed by atoms with Gasteiger partial charge in [-0.3, -0.25) is 0 Å². The van der Waals surface area contributed by atoms with Gasteiger partial charge in [0.25, 0.3) is 0 Å². The SMILES string of the molecule is CCCNC(C1CCOC2(CCSC2)C1)C1CCCCS1. The highest BCUT2D eigenvalue weighted by atomic mass is 32.2. The van der Waals surface area contributed by atoms with E-state index in [0.29, 0.717) is 0 Å². The van der Waals surface area contributed by atoms with Gasteiger partial charge in [-0.05, 0) is 62.5 Å². The second-order valence-electron chi connectivity index (χ2n) is 6.97. The molecule has 2 nitrogen and oxygen atoms in total. The Morgan fingerprint density at radius 1 is 1.29 bits per heavy atom. The van der Waals surface area contributed by atoms with E-state index in [1.807, 2.05) is 0 Å². The van der Waals surface area contributed by atoms with Crippen molar-refractivity contribution in [1.82, 2.24) is 5.32 Å². The molecule has 4 heteroatoms. The maximum atomic E-state index is 6.24.